The number of nitrogens with zero attached hydrogens (tertiary/aromatic N) is 1. The van der Waals surface area contributed by atoms with Gasteiger partial charge in [0.25, 0.3) is 11.6 Å². The Hall–Kier alpha value is -2.89. The van der Waals surface area contributed by atoms with Gasteiger partial charge < -0.3 is 10.4 Å². The van der Waals surface area contributed by atoms with Crippen LogP contribution in [0.5, 0.6) is 5.75 Å². The summed E-state index contributed by atoms with van der Waals surface area (Å²) in [7, 11) is 0. The van der Waals surface area contributed by atoms with Gasteiger partial charge in [0.15, 0.2) is 0 Å². The summed E-state index contributed by atoms with van der Waals surface area (Å²) >= 11 is 0. The lowest BCUT2D eigenvalue weighted by molar-refractivity contribution is -0.384. The maximum absolute atomic E-state index is 12.1. The van der Waals surface area contributed by atoms with E-state index in [9.17, 15) is 20.0 Å². The third-order valence-corrected chi connectivity index (χ3v) is 3.55. The van der Waals surface area contributed by atoms with Crippen LogP contribution >= 0.6 is 0 Å². The Kier molecular flexibility index (Phi) is 4.95. The lowest BCUT2D eigenvalue weighted by atomic mass is 10.0. The fourth-order valence-corrected chi connectivity index (χ4v) is 2.12. The van der Waals surface area contributed by atoms with E-state index in [1.807, 2.05) is 12.1 Å². The third kappa shape index (κ3) is 4.06. The molecule has 0 aromatic heterocycles. The van der Waals surface area contributed by atoms with Gasteiger partial charge in [-0.2, -0.15) is 0 Å². The summed E-state index contributed by atoms with van der Waals surface area (Å²) in [6.07, 6.45) is 0. The lowest BCUT2D eigenvalue weighted by Crippen LogP contribution is -2.22. The second kappa shape index (κ2) is 6.91. The highest BCUT2D eigenvalue weighted by atomic mass is 16.6. The van der Waals surface area contributed by atoms with Gasteiger partial charge >= 0.3 is 0 Å². The van der Waals surface area contributed by atoms with E-state index in [0.29, 0.717) is 17.0 Å². The van der Waals surface area contributed by atoms with Gasteiger partial charge in [0.2, 0.25) is 0 Å². The van der Waals surface area contributed by atoms with Crippen LogP contribution in [-0.2, 0) is 6.54 Å². The molecule has 0 heterocycles. The van der Waals surface area contributed by atoms with Crippen LogP contribution in [0.1, 0.15) is 41.3 Å². The van der Waals surface area contributed by atoms with Gasteiger partial charge in [-0.15, -0.1) is 0 Å². The smallest absolute Gasteiger partial charge is 0.270 e. The first kappa shape index (κ1) is 16.5. The van der Waals surface area contributed by atoms with E-state index in [2.05, 4.69) is 19.2 Å². The minimum absolute atomic E-state index is 0.0122. The fraction of sp³-hybridized carbons (Fsp3) is 0.235. The van der Waals surface area contributed by atoms with E-state index < -0.39 is 4.92 Å². The zero-order valence-corrected chi connectivity index (χ0v) is 12.9. The summed E-state index contributed by atoms with van der Waals surface area (Å²) in [5, 5.41) is 23.1. The van der Waals surface area contributed by atoms with Crippen LogP contribution in [0.4, 0.5) is 5.69 Å². The van der Waals surface area contributed by atoms with Crippen molar-refractivity contribution in [2.24, 2.45) is 0 Å². The molecule has 0 aliphatic heterocycles. The van der Waals surface area contributed by atoms with Crippen LogP contribution in [0.2, 0.25) is 0 Å². The molecule has 2 rings (SSSR count). The third-order valence-electron chi connectivity index (χ3n) is 3.55. The molecule has 1 amide bonds. The number of carbonyl (C=O) groups excluding carboxylic acids is 1. The van der Waals surface area contributed by atoms with Crippen molar-refractivity contribution in [2.75, 3.05) is 0 Å². The molecule has 6 heteroatoms. The number of amides is 1. The van der Waals surface area contributed by atoms with Gasteiger partial charge in [0.1, 0.15) is 5.75 Å². The van der Waals surface area contributed by atoms with E-state index >= 15 is 0 Å². The topological polar surface area (TPSA) is 92.5 Å². The molecular formula is C17H18N2O4. The summed E-state index contributed by atoms with van der Waals surface area (Å²) in [5.41, 5.74) is 1.80. The monoisotopic (exact) mass is 314 g/mol. The molecule has 0 saturated heterocycles. The summed E-state index contributed by atoms with van der Waals surface area (Å²) in [6, 6.07) is 11.0. The Labute approximate surface area is 133 Å². The molecule has 0 radical (unpaired) electrons. The standard InChI is InChI=1S/C17H18N2O4/c1-11(2)12-3-5-13(6-4-12)17(21)18-10-14-9-15(19(22)23)7-8-16(14)20/h3-9,11,20H,10H2,1-2H3,(H,18,21). The van der Waals surface area contributed by atoms with E-state index in [4.69, 9.17) is 0 Å². The van der Waals surface area contributed by atoms with Crippen molar-refractivity contribution in [1.82, 2.24) is 5.32 Å². The van der Waals surface area contributed by atoms with E-state index in [1.54, 1.807) is 12.1 Å². The number of benzene rings is 2. The maximum Gasteiger partial charge on any atom is 0.270 e. The predicted octanol–water partition coefficient (Wildman–Crippen LogP) is 3.35. The number of nitro benzene ring substituents is 1. The SMILES string of the molecule is CC(C)c1ccc(C(=O)NCc2cc([N+](=O)[O-])ccc2O)cc1. The van der Waals surface area contributed by atoms with Gasteiger partial charge in [0, 0.05) is 29.8 Å². The van der Waals surface area contributed by atoms with Crippen molar-refractivity contribution in [3.8, 4) is 5.75 Å². The van der Waals surface area contributed by atoms with Crippen LogP contribution in [-0.4, -0.2) is 15.9 Å². The molecule has 0 aliphatic rings. The summed E-state index contributed by atoms with van der Waals surface area (Å²) in [6.45, 7) is 4.15. The second-order valence-corrected chi connectivity index (χ2v) is 5.53. The molecule has 0 unspecified atom stereocenters. The number of non-ortho nitro benzene ring substituents is 1. The molecule has 0 aliphatic carbocycles. The van der Waals surface area contributed by atoms with Crippen molar-refractivity contribution < 1.29 is 14.8 Å². The molecule has 120 valence electrons. The minimum atomic E-state index is -0.546. The Balaban J connectivity index is 2.07. The van der Waals surface area contributed by atoms with Gasteiger partial charge in [0.05, 0.1) is 4.92 Å². The highest BCUT2D eigenvalue weighted by molar-refractivity contribution is 5.94. The lowest BCUT2D eigenvalue weighted by Gasteiger charge is -2.09. The first-order valence-corrected chi connectivity index (χ1v) is 7.23. The summed E-state index contributed by atoms with van der Waals surface area (Å²) < 4.78 is 0. The highest BCUT2D eigenvalue weighted by Gasteiger charge is 2.12. The van der Waals surface area contributed by atoms with Crippen molar-refractivity contribution >= 4 is 11.6 Å². The van der Waals surface area contributed by atoms with E-state index in [-0.39, 0.29) is 23.9 Å². The van der Waals surface area contributed by atoms with Gasteiger partial charge in [-0.05, 0) is 29.7 Å². The number of nitrogens with one attached hydrogen (secondary N) is 1. The fourth-order valence-electron chi connectivity index (χ4n) is 2.12. The molecule has 23 heavy (non-hydrogen) atoms. The number of phenols is 1. The normalized spacial score (nSPS) is 10.6. The number of phenolic OH excluding ortho intramolecular Hbond substituents is 1. The number of aromatic hydroxyl groups is 1. The van der Waals surface area contributed by atoms with Gasteiger partial charge in [-0.1, -0.05) is 26.0 Å². The summed E-state index contributed by atoms with van der Waals surface area (Å²) in [5.74, 6) is -0.00815. The Morgan fingerprint density at radius 2 is 1.87 bits per heavy atom. The van der Waals surface area contributed by atoms with Crippen LogP contribution in [0, 0.1) is 10.1 Å². The summed E-state index contributed by atoms with van der Waals surface area (Å²) in [4.78, 5) is 22.3. The second-order valence-electron chi connectivity index (χ2n) is 5.53. The predicted molar refractivity (Wildman–Crippen MR) is 86.5 cm³/mol. The molecule has 6 nitrogen and oxygen atoms in total. The molecule has 0 fully saturated rings. The first-order valence-electron chi connectivity index (χ1n) is 7.23. The molecule has 2 aromatic rings. The Bertz CT molecular complexity index is 724. The molecule has 0 spiro atoms. The number of hydrogen-bond donors (Lipinski definition) is 2. The zero-order valence-electron chi connectivity index (χ0n) is 12.9. The quantitative estimate of drug-likeness (QED) is 0.654. The average molecular weight is 314 g/mol. The van der Waals surface area contributed by atoms with Crippen molar-refractivity contribution in [1.29, 1.82) is 0 Å². The maximum atomic E-state index is 12.1. The van der Waals surface area contributed by atoms with Crippen molar-refractivity contribution in [3.05, 3.63) is 69.3 Å². The number of rotatable bonds is 5. The molecular weight excluding hydrogens is 296 g/mol. The van der Waals surface area contributed by atoms with Gasteiger partial charge in [-0.3, -0.25) is 14.9 Å². The van der Waals surface area contributed by atoms with Gasteiger partial charge in [-0.25, -0.2) is 0 Å². The molecule has 0 bridgehead atoms. The first-order chi connectivity index (χ1) is 10.9. The molecule has 0 saturated carbocycles. The molecule has 0 atom stereocenters. The zero-order chi connectivity index (χ0) is 17.0. The number of hydrogen-bond acceptors (Lipinski definition) is 4. The largest absolute Gasteiger partial charge is 0.508 e. The Morgan fingerprint density at radius 1 is 1.22 bits per heavy atom. The van der Waals surface area contributed by atoms with Crippen LogP contribution < -0.4 is 5.32 Å². The Morgan fingerprint density at radius 3 is 2.43 bits per heavy atom. The highest BCUT2D eigenvalue weighted by Crippen LogP contribution is 2.22. The number of nitro groups is 1. The number of carbonyl (C=O) groups is 1. The van der Waals surface area contributed by atoms with Crippen LogP contribution in [0.15, 0.2) is 42.5 Å². The molecule has 2 N–H and O–H groups in total. The molecule has 2 aromatic carbocycles. The van der Waals surface area contributed by atoms with Crippen LogP contribution in [0.25, 0.3) is 0 Å². The van der Waals surface area contributed by atoms with Crippen LogP contribution in [0.3, 0.4) is 0 Å². The minimum Gasteiger partial charge on any atom is -0.508 e. The van der Waals surface area contributed by atoms with Crippen molar-refractivity contribution in [3.63, 3.8) is 0 Å². The van der Waals surface area contributed by atoms with E-state index in [1.165, 1.54) is 18.2 Å². The van der Waals surface area contributed by atoms with Crippen molar-refractivity contribution in [2.45, 2.75) is 26.3 Å². The van der Waals surface area contributed by atoms with E-state index in [0.717, 1.165) is 5.56 Å². The average Bonchev–Trinajstić information content (AvgIpc) is 2.53.